The Morgan fingerprint density at radius 1 is 1.04 bits per heavy atom. The number of esters is 1. The van der Waals surface area contributed by atoms with Gasteiger partial charge in [-0.2, -0.15) is 0 Å². The number of benzene rings is 2. The van der Waals surface area contributed by atoms with Gasteiger partial charge in [-0.15, -0.1) is 0 Å². The minimum absolute atomic E-state index is 0.184. The Labute approximate surface area is 163 Å². The normalized spacial score (nSPS) is 14.5. The summed E-state index contributed by atoms with van der Waals surface area (Å²) in [6.07, 6.45) is 0.946. The van der Waals surface area contributed by atoms with Gasteiger partial charge in [0.25, 0.3) is 5.91 Å². The molecule has 0 bridgehead atoms. The Bertz CT molecular complexity index is 1040. The minimum Gasteiger partial charge on any atom is -0.444 e. The summed E-state index contributed by atoms with van der Waals surface area (Å²) in [5, 5.41) is 3.84. The van der Waals surface area contributed by atoms with Crippen molar-refractivity contribution in [1.82, 2.24) is 10.3 Å². The van der Waals surface area contributed by atoms with Gasteiger partial charge in [0, 0.05) is 17.0 Å². The first-order valence-corrected chi connectivity index (χ1v) is 9.47. The second kappa shape index (κ2) is 7.43. The van der Waals surface area contributed by atoms with Gasteiger partial charge < -0.3 is 10.1 Å². The molecule has 28 heavy (non-hydrogen) atoms. The number of nitrogens with one attached hydrogen (secondary N) is 1. The fourth-order valence-corrected chi connectivity index (χ4v) is 3.40. The molecule has 0 saturated heterocycles. The third kappa shape index (κ3) is 3.60. The van der Waals surface area contributed by atoms with Gasteiger partial charge in [0.05, 0.1) is 16.8 Å². The number of hydrogen-bond acceptors (Lipinski definition) is 4. The molecule has 1 atom stereocenters. The molecule has 3 aromatic rings. The highest BCUT2D eigenvalue weighted by Crippen LogP contribution is 2.27. The second-order valence-corrected chi connectivity index (χ2v) is 7.19. The van der Waals surface area contributed by atoms with Crippen molar-refractivity contribution < 1.29 is 14.3 Å². The summed E-state index contributed by atoms with van der Waals surface area (Å²) < 4.78 is 5.73. The zero-order valence-electron chi connectivity index (χ0n) is 15.9. The molecule has 2 aromatic carbocycles. The molecule has 1 aliphatic carbocycles. The van der Waals surface area contributed by atoms with E-state index in [9.17, 15) is 9.59 Å². The van der Waals surface area contributed by atoms with Gasteiger partial charge in [0.2, 0.25) is 6.10 Å². The van der Waals surface area contributed by atoms with Gasteiger partial charge in [-0.25, -0.2) is 4.79 Å². The number of amides is 1. The highest BCUT2D eigenvalue weighted by atomic mass is 16.5. The highest BCUT2D eigenvalue weighted by Gasteiger charge is 2.32. The molecule has 1 aliphatic rings. The number of para-hydroxylation sites is 1. The van der Waals surface area contributed by atoms with E-state index in [2.05, 4.69) is 10.3 Å². The first-order valence-electron chi connectivity index (χ1n) is 9.47. The molecule has 1 heterocycles. The fraction of sp³-hybridized carbons (Fsp3) is 0.261. The number of aromatic nitrogens is 1. The molecule has 0 radical (unpaired) electrons. The van der Waals surface area contributed by atoms with Crippen LogP contribution >= 0.6 is 0 Å². The van der Waals surface area contributed by atoms with E-state index in [4.69, 9.17) is 4.74 Å². The van der Waals surface area contributed by atoms with Crippen LogP contribution in [0.4, 0.5) is 0 Å². The summed E-state index contributed by atoms with van der Waals surface area (Å²) in [7, 11) is 0. The van der Waals surface area contributed by atoms with Gasteiger partial charge in [-0.05, 0) is 38.3 Å². The van der Waals surface area contributed by atoms with Gasteiger partial charge in [0.15, 0.2) is 0 Å². The van der Waals surface area contributed by atoms with Crippen LogP contribution in [0.5, 0.6) is 0 Å². The first kappa shape index (κ1) is 18.2. The van der Waals surface area contributed by atoms with Crippen LogP contribution in [0.3, 0.4) is 0 Å². The Morgan fingerprint density at radius 2 is 1.71 bits per heavy atom. The molecule has 0 aliphatic heterocycles. The molecule has 1 amide bonds. The Morgan fingerprint density at radius 3 is 2.43 bits per heavy atom. The molecular formula is C23H22N2O3. The van der Waals surface area contributed by atoms with Crippen molar-refractivity contribution in [3.8, 4) is 0 Å². The number of aryl methyl sites for hydroxylation is 2. The fourth-order valence-electron chi connectivity index (χ4n) is 3.40. The summed E-state index contributed by atoms with van der Waals surface area (Å²) in [4.78, 5) is 30.4. The van der Waals surface area contributed by atoms with E-state index in [0.29, 0.717) is 16.8 Å². The number of carbonyl (C=O) groups is 2. The van der Waals surface area contributed by atoms with Crippen LogP contribution in [-0.4, -0.2) is 22.9 Å². The summed E-state index contributed by atoms with van der Waals surface area (Å²) in [6.45, 7) is 3.67. The topological polar surface area (TPSA) is 68.3 Å². The van der Waals surface area contributed by atoms with Crippen molar-refractivity contribution in [1.29, 1.82) is 0 Å². The summed E-state index contributed by atoms with van der Waals surface area (Å²) in [6, 6.07) is 17.0. The number of ether oxygens (including phenoxy) is 1. The first-order chi connectivity index (χ1) is 13.5. The number of fused-ring (bicyclic) bond motifs is 1. The maximum absolute atomic E-state index is 13.1. The van der Waals surface area contributed by atoms with Gasteiger partial charge in [-0.1, -0.05) is 48.5 Å². The molecule has 1 N–H and O–H groups in total. The number of nitrogens with zero attached hydrogens (tertiary/aromatic N) is 1. The third-order valence-electron chi connectivity index (χ3n) is 5.03. The summed E-state index contributed by atoms with van der Waals surface area (Å²) >= 11 is 0. The van der Waals surface area contributed by atoms with Gasteiger partial charge >= 0.3 is 5.97 Å². The predicted molar refractivity (Wildman–Crippen MR) is 107 cm³/mol. The lowest BCUT2D eigenvalue weighted by molar-refractivity contribution is -0.130. The largest absolute Gasteiger partial charge is 0.444 e. The van der Waals surface area contributed by atoms with E-state index in [1.165, 1.54) is 0 Å². The quantitative estimate of drug-likeness (QED) is 0.685. The van der Waals surface area contributed by atoms with Crippen LogP contribution in [0.1, 0.15) is 46.1 Å². The van der Waals surface area contributed by atoms with E-state index in [1.54, 1.807) is 19.1 Å². The van der Waals surface area contributed by atoms with Crippen LogP contribution in [0.2, 0.25) is 0 Å². The van der Waals surface area contributed by atoms with Crippen LogP contribution in [0, 0.1) is 13.8 Å². The van der Waals surface area contributed by atoms with Crippen LogP contribution in [0.25, 0.3) is 10.9 Å². The molecule has 4 rings (SSSR count). The SMILES string of the molecule is Cc1nc2ccccc2c(C)c1C(=O)O[C@@H](C(=O)NC1CC1)c1ccccc1. The molecule has 142 valence electrons. The molecule has 0 unspecified atom stereocenters. The van der Waals surface area contributed by atoms with Gasteiger partial charge in [-0.3, -0.25) is 9.78 Å². The molecule has 1 fully saturated rings. The monoisotopic (exact) mass is 374 g/mol. The number of pyridine rings is 1. The van der Waals surface area contributed by atoms with Crippen molar-refractivity contribution in [2.45, 2.75) is 38.8 Å². The van der Waals surface area contributed by atoms with Crippen molar-refractivity contribution in [2.24, 2.45) is 0 Å². The molecule has 1 saturated carbocycles. The smallest absolute Gasteiger partial charge is 0.341 e. The maximum atomic E-state index is 13.1. The molecular weight excluding hydrogens is 352 g/mol. The zero-order chi connectivity index (χ0) is 19.7. The molecule has 0 spiro atoms. The van der Waals surface area contributed by atoms with E-state index >= 15 is 0 Å². The summed E-state index contributed by atoms with van der Waals surface area (Å²) in [5.41, 5.74) is 3.30. The van der Waals surface area contributed by atoms with Crippen LogP contribution in [0.15, 0.2) is 54.6 Å². The molecule has 1 aromatic heterocycles. The van der Waals surface area contributed by atoms with E-state index in [-0.39, 0.29) is 11.9 Å². The highest BCUT2D eigenvalue weighted by molar-refractivity contribution is 5.99. The van der Waals surface area contributed by atoms with E-state index < -0.39 is 12.1 Å². The lowest BCUT2D eigenvalue weighted by atomic mass is 10.0. The van der Waals surface area contributed by atoms with E-state index in [1.807, 2.05) is 49.4 Å². The Kier molecular flexibility index (Phi) is 4.82. The average molecular weight is 374 g/mol. The van der Waals surface area contributed by atoms with Crippen LogP contribution in [-0.2, 0) is 9.53 Å². The predicted octanol–water partition coefficient (Wildman–Crippen LogP) is 4.03. The molecule has 5 nitrogen and oxygen atoms in total. The number of hydrogen-bond donors (Lipinski definition) is 1. The summed E-state index contributed by atoms with van der Waals surface area (Å²) in [5.74, 6) is -0.820. The van der Waals surface area contributed by atoms with Gasteiger partial charge in [0.1, 0.15) is 0 Å². The van der Waals surface area contributed by atoms with Crippen molar-refractivity contribution >= 4 is 22.8 Å². The maximum Gasteiger partial charge on any atom is 0.341 e. The average Bonchev–Trinajstić information content (AvgIpc) is 3.50. The van der Waals surface area contributed by atoms with Crippen molar-refractivity contribution in [3.05, 3.63) is 77.0 Å². The standard InChI is InChI=1S/C23H22N2O3/c1-14-18-10-6-7-11-19(18)24-15(2)20(14)23(27)28-21(16-8-4-3-5-9-16)22(26)25-17-12-13-17/h3-11,17,21H,12-13H2,1-2H3,(H,25,26)/t21-/m1/s1. The third-order valence-corrected chi connectivity index (χ3v) is 5.03. The second-order valence-electron chi connectivity index (χ2n) is 7.19. The number of carbonyl (C=O) groups excluding carboxylic acids is 2. The zero-order valence-corrected chi connectivity index (χ0v) is 15.9. The number of rotatable bonds is 5. The van der Waals surface area contributed by atoms with Crippen LogP contribution < -0.4 is 5.32 Å². The Hall–Kier alpha value is -3.21. The minimum atomic E-state index is -0.987. The lowest BCUT2D eigenvalue weighted by Gasteiger charge is -2.19. The lowest BCUT2D eigenvalue weighted by Crippen LogP contribution is -2.33. The van der Waals surface area contributed by atoms with Crippen molar-refractivity contribution in [2.75, 3.05) is 0 Å². The Balaban J connectivity index is 1.68. The van der Waals surface area contributed by atoms with Crippen molar-refractivity contribution in [3.63, 3.8) is 0 Å². The van der Waals surface area contributed by atoms with E-state index in [0.717, 1.165) is 29.3 Å². The molecule has 5 heteroatoms.